The fourth-order valence-electron chi connectivity index (χ4n) is 2.00. The molecule has 2 rings (SSSR count). The Bertz CT molecular complexity index is 433. The van der Waals surface area contributed by atoms with Crippen LogP contribution in [0.3, 0.4) is 0 Å². The number of hydrogen-bond donors (Lipinski definition) is 3. The van der Waals surface area contributed by atoms with Crippen LogP contribution in [-0.2, 0) is 0 Å². The highest BCUT2D eigenvalue weighted by molar-refractivity contribution is 5.83. The standard InChI is InChI=1S/C12H17N3/c1-14-11(6-7-13)10-8-15-12-5-3-2-4-9(10)12/h2-5,8,11,14-15H,6-7,13H2,1H3. The molecule has 3 heteroatoms. The second-order valence-electron chi connectivity index (χ2n) is 3.71. The van der Waals surface area contributed by atoms with Gasteiger partial charge in [0, 0.05) is 23.1 Å². The fraction of sp³-hybridized carbons (Fsp3) is 0.333. The Labute approximate surface area is 89.7 Å². The number of hydrogen-bond acceptors (Lipinski definition) is 2. The highest BCUT2D eigenvalue weighted by Crippen LogP contribution is 2.25. The number of para-hydroxylation sites is 1. The van der Waals surface area contributed by atoms with Gasteiger partial charge in [-0.1, -0.05) is 18.2 Å². The number of fused-ring (bicyclic) bond motifs is 1. The van der Waals surface area contributed by atoms with Gasteiger partial charge in [-0.15, -0.1) is 0 Å². The fourth-order valence-corrected chi connectivity index (χ4v) is 2.00. The largest absolute Gasteiger partial charge is 0.361 e. The summed E-state index contributed by atoms with van der Waals surface area (Å²) in [6.45, 7) is 0.699. The summed E-state index contributed by atoms with van der Waals surface area (Å²) in [5.41, 5.74) is 8.09. The summed E-state index contributed by atoms with van der Waals surface area (Å²) in [4.78, 5) is 3.28. The molecular weight excluding hydrogens is 186 g/mol. The van der Waals surface area contributed by atoms with E-state index in [4.69, 9.17) is 5.73 Å². The smallest absolute Gasteiger partial charge is 0.0457 e. The van der Waals surface area contributed by atoms with Crippen molar-refractivity contribution in [3.05, 3.63) is 36.0 Å². The van der Waals surface area contributed by atoms with E-state index in [-0.39, 0.29) is 0 Å². The molecule has 80 valence electrons. The Morgan fingerprint density at radius 1 is 1.40 bits per heavy atom. The predicted octanol–water partition coefficient (Wildman–Crippen LogP) is 1.78. The van der Waals surface area contributed by atoms with Gasteiger partial charge < -0.3 is 16.0 Å². The monoisotopic (exact) mass is 203 g/mol. The molecule has 0 aliphatic rings. The van der Waals surface area contributed by atoms with Crippen LogP contribution in [0.4, 0.5) is 0 Å². The van der Waals surface area contributed by atoms with E-state index in [1.54, 1.807) is 0 Å². The summed E-state index contributed by atoms with van der Waals surface area (Å²) in [7, 11) is 1.97. The normalized spacial score (nSPS) is 13.2. The second-order valence-corrected chi connectivity index (χ2v) is 3.71. The zero-order valence-corrected chi connectivity index (χ0v) is 8.96. The molecule has 0 saturated heterocycles. The Morgan fingerprint density at radius 3 is 2.93 bits per heavy atom. The SMILES string of the molecule is CNC(CCN)c1c[nH]c2ccccc12. The zero-order chi connectivity index (χ0) is 10.7. The van der Waals surface area contributed by atoms with Crippen molar-refractivity contribution in [3.63, 3.8) is 0 Å². The predicted molar refractivity (Wildman–Crippen MR) is 63.8 cm³/mol. The van der Waals surface area contributed by atoms with Crippen molar-refractivity contribution < 1.29 is 0 Å². The lowest BCUT2D eigenvalue weighted by Gasteiger charge is -2.14. The van der Waals surface area contributed by atoms with Crippen molar-refractivity contribution in [1.82, 2.24) is 10.3 Å². The van der Waals surface area contributed by atoms with Crippen molar-refractivity contribution >= 4 is 10.9 Å². The molecule has 0 aliphatic heterocycles. The summed E-state index contributed by atoms with van der Waals surface area (Å²) in [5.74, 6) is 0. The van der Waals surface area contributed by atoms with Crippen LogP contribution in [0.2, 0.25) is 0 Å². The van der Waals surface area contributed by atoms with Crippen molar-refractivity contribution in [2.45, 2.75) is 12.5 Å². The molecule has 1 aromatic heterocycles. The summed E-state index contributed by atoms with van der Waals surface area (Å²) >= 11 is 0. The molecule has 0 aliphatic carbocycles. The first-order chi connectivity index (χ1) is 7.36. The number of benzene rings is 1. The number of nitrogens with two attached hydrogens (primary N) is 1. The Morgan fingerprint density at radius 2 is 2.20 bits per heavy atom. The third-order valence-corrected chi connectivity index (χ3v) is 2.80. The maximum atomic E-state index is 5.60. The van der Waals surface area contributed by atoms with E-state index in [1.165, 1.54) is 16.5 Å². The minimum Gasteiger partial charge on any atom is -0.361 e. The molecule has 0 bridgehead atoms. The molecular formula is C12H17N3. The van der Waals surface area contributed by atoms with Crippen LogP contribution in [0.1, 0.15) is 18.0 Å². The second kappa shape index (κ2) is 4.47. The molecule has 0 spiro atoms. The first-order valence-electron chi connectivity index (χ1n) is 5.30. The van der Waals surface area contributed by atoms with Gasteiger partial charge in [-0.2, -0.15) is 0 Å². The summed E-state index contributed by atoms with van der Waals surface area (Å²) < 4.78 is 0. The quantitative estimate of drug-likeness (QED) is 0.709. The van der Waals surface area contributed by atoms with Crippen molar-refractivity contribution in [3.8, 4) is 0 Å². The average molecular weight is 203 g/mol. The lowest BCUT2D eigenvalue weighted by molar-refractivity contribution is 0.560. The molecule has 15 heavy (non-hydrogen) atoms. The molecule has 1 heterocycles. The van der Waals surface area contributed by atoms with Gasteiger partial charge in [-0.3, -0.25) is 0 Å². The molecule has 0 fully saturated rings. The maximum absolute atomic E-state index is 5.60. The minimum atomic E-state index is 0.339. The van der Waals surface area contributed by atoms with Gasteiger partial charge in [0.2, 0.25) is 0 Å². The maximum Gasteiger partial charge on any atom is 0.0457 e. The van der Waals surface area contributed by atoms with Crippen LogP contribution < -0.4 is 11.1 Å². The van der Waals surface area contributed by atoms with E-state index in [0.29, 0.717) is 12.6 Å². The Kier molecular flexibility index (Phi) is 3.04. The third kappa shape index (κ3) is 1.89. The minimum absolute atomic E-state index is 0.339. The topological polar surface area (TPSA) is 53.8 Å². The lowest BCUT2D eigenvalue weighted by Crippen LogP contribution is -2.19. The van der Waals surface area contributed by atoms with Gasteiger partial charge in [-0.25, -0.2) is 0 Å². The van der Waals surface area contributed by atoms with E-state index in [2.05, 4.69) is 34.7 Å². The van der Waals surface area contributed by atoms with E-state index in [9.17, 15) is 0 Å². The van der Waals surface area contributed by atoms with Gasteiger partial charge in [0.15, 0.2) is 0 Å². The number of H-pyrrole nitrogens is 1. The molecule has 0 saturated carbocycles. The summed E-state index contributed by atoms with van der Waals surface area (Å²) in [6.07, 6.45) is 3.03. The first kappa shape index (κ1) is 10.2. The lowest BCUT2D eigenvalue weighted by atomic mass is 10.0. The molecule has 0 amide bonds. The molecule has 4 N–H and O–H groups in total. The Balaban J connectivity index is 2.41. The summed E-state index contributed by atoms with van der Waals surface area (Å²) in [6, 6.07) is 8.68. The van der Waals surface area contributed by atoms with E-state index in [1.807, 2.05) is 13.1 Å². The van der Waals surface area contributed by atoms with E-state index in [0.717, 1.165) is 6.42 Å². The van der Waals surface area contributed by atoms with Crippen LogP contribution in [0.25, 0.3) is 10.9 Å². The van der Waals surface area contributed by atoms with Crippen molar-refractivity contribution in [2.24, 2.45) is 5.73 Å². The van der Waals surface area contributed by atoms with Crippen LogP contribution >= 0.6 is 0 Å². The number of rotatable bonds is 4. The van der Waals surface area contributed by atoms with Gasteiger partial charge in [0.05, 0.1) is 0 Å². The Hall–Kier alpha value is -1.32. The molecule has 0 radical (unpaired) electrons. The summed E-state index contributed by atoms with van der Waals surface area (Å²) in [5, 5.41) is 4.58. The van der Waals surface area contributed by atoms with Gasteiger partial charge >= 0.3 is 0 Å². The zero-order valence-electron chi connectivity index (χ0n) is 8.96. The van der Waals surface area contributed by atoms with Crippen LogP contribution in [0.5, 0.6) is 0 Å². The van der Waals surface area contributed by atoms with E-state index < -0.39 is 0 Å². The van der Waals surface area contributed by atoms with Crippen molar-refractivity contribution in [2.75, 3.05) is 13.6 Å². The number of nitrogens with one attached hydrogen (secondary N) is 2. The number of aromatic amines is 1. The molecule has 2 aromatic rings. The van der Waals surface area contributed by atoms with Gasteiger partial charge in [0.1, 0.15) is 0 Å². The third-order valence-electron chi connectivity index (χ3n) is 2.80. The highest BCUT2D eigenvalue weighted by Gasteiger charge is 2.12. The average Bonchev–Trinajstić information content (AvgIpc) is 2.70. The van der Waals surface area contributed by atoms with Gasteiger partial charge in [0.25, 0.3) is 0 Å². The molecule has 1 atom stereocenters. The van der Waals surface area contributed by atoms with Crippen LogP contribution in [0.15, 0.2) is 30.5 Å². The van der Waals surface area contributed by atoms with Crippen LogP contribution in [-0.4, -0.2) is 18.6 Å². The highest BCUT2D eigenvalue weighted by atomic mass is 14.9. The van der Waals surface area contributed by atoms with E-state index >= 15 is 0 Å². The number of aromatic nitrogens is 1. The van der Waals surface area contributed by atoms with Crippen molar-refractivity contribution in [1.29, 1.82) is 0 Å². The van der Waals surface area contributed by atoms with Crippen LogP contribution in [0, 0.1) is 0 Å². The molecule has 3 nitrogen and oxygen atoms in total. The van der Waals surface area contributed by atoms with Gasteiger partial charge in [-0.05, 0) is 31.6 Å². The molecule has 1 aromatic carbocycles. The first-order valence-corrected chi connectivity index (χ1v) is 5.30. The molecule has 1 unspecified atom stereocenters.